The van der Waals surface area contributed by atoms with Gasteiger partial charge in [-0.1, -0.05) is 23.3 Å². The number of carbonyl (C=O) groups is 1. The fourth-order valence-corrected chi connectivity index (χ4v) is 2.19. The number of aromatic nitrogens is 1. The molecule has 1 aromatic heterocycles. The Kier molecular flexibility index (Phi) is 7.29. The van der Waals surface area contributed by atoms with Crippen molar-refractivity contribution in [2.75, 3.05) is 0 Å². The predicted octanol–water partition coefficient (Wildman–Crippen LogP) is 5.01. The number of aromatic amines is 1. The summed E-state index contributed by atoms with van der Waals surface area (Å²) in [6.07, 6.45) is 11.0. The number of carbonyl (C=O) groups excluding carboxylic acids is 1. The highest BCUT2D eigenvalue weighted by Gasteiger charge is 2.13. The van der Waals surface area contributed by atoms with Gasteiger partial charge in [-0.15, -0.1) is 12.8 Å². The number of halogens is 2. The summed E-state index contributed by atoms with van der Waals surface area (Å²) < 4.78 is 12.7. The number of hydrogen-bond donors (Lipinski definition) is 2. The van der Waals surface area contributed by atoms with E-state index in [9.17, 15) is 9.18 Å². The molecule has 0 aliphatic heterocycles. The molecule has 1 heterocycles. The third kappa shape index (κ3) is 5.29. The van der Waals surface area contributed by atoms with Gasteiger partial charge < -0.3 is 10.3 Å². The first-order chi connectivity index (χ1) is 11.4. The minimum absolute atomic E-state index is 0.196. The average Bonchev–Trinajstić information content (AvgIpc) is 2.97. The Bertz CT molecular complexity index is 798. The second-order valence-electron chi connectivity index (χ2n) is 5.27. The number of H-pyrrole nitrogens is 1. The smallest absolute Gasteiger partial charge is 0.268 e. The number of hydrogen-bond acceptors (Lipinski definition) is 1. The van der Waals surface area contributed by atoms with Crippen LogP contribution in [0.5, 0.6) is 0 Å². The molecule has 0 aliphatic carbocycles. The molecule has 1 aromatic carbocycles. The van der Waals surface area contributed by atoms with Crippen molar-refractivity contribution >= 4 is 28.4 Å². The predicted molar refractivity (Wildman–Crippen MR) is 98.7 cm³/mol. The molecule has 0 saturated carbocycles. The number of amides is 1. The second kappa shape index (κ2) is 8.95. The van der Waals surface area contributed by atoms with Crippen LogP contribution in [0.2, 0.25) is 5.02 Å². The molecule has 1 unspecified atom stereocenters. The van der Waals surface area contributed by atoms with E-state index in [0.717, 1.165) is 16.5 Å². The van der Waals surface area contributed by atoms with Crippen molar-refractivity contribution in [2.24, 2.45) is 0 Å². The number of nitrogens with one attached hydrogen (secondary N) is 2. The molecule has 3 nitrogen and oxygen atoms in total. The summed E-state index contributed by atoms with van der Waals surface area (Å²) in [5, 5.41) is 4.38. The zero-order valence-corrected chi connectivity index (χ0v) is 14.6. The minimum atomic E-state index is -0.273. The van der Waals surface area contributed by atoms with Gasteiger partial charge in [0.1, 0.15) is 5.69 Å². The Morgan fingerprint density at radius 3 is 2.58 bits per heavy atom. The maximum atomic E-state index is 12.7. The SMILES string of the molecule is C#C.C/C(F)=C\C=C(/C)C(C)NC(=O)c1cc2cc(Cl)ccc2[nH]1. The zero-order chi connectivity index (χ0) is 18.3. The minimum Gasteiger partial charge on any atom is -0.351 e. The van der Waals surface area contributed by atoms with Crippen molar-refractivity contribution in [2.45, 2.75) is 26.8 Å². The highest BCUT2D eigenvalue weighted by Crippen LogP contribution is 2.20. The maximum Gasteiger partial charge on any atom is 0.268 e. The van der Waals surface area contributed by atoms with E-state index in [4.69, 9.17) is 11.6 Å². The van der Waals surface area contributed by atoms with E-state index in [2.05, 4.69) is 23.1 Å². The highest BCUT2D eigenvalue weighted by atomic mass is 35.5. The maximum absolute atomic E-state index is 12.7. The van der Waals surface area contributed by atoms with Crippen molar-refractivity contribution in [3.8, 4) is 12.8 Å². The molecular weight excluding hydrogens is 327 g/mol. The van der Waals surface area contributed by atoms with Crippen LogP contribution in [0.25, 0.3) is 10.9 Å². The Labute approximate surface area is 146 Å². The summed E-state index contributed by atoms with van der Waals surface area (Å²) in [5.74, 6) is -0.487. The molecule has 126 valence electrons. The van der Waals surface area contributed by atoms with Gasteiger partial charge in [-0.3, -0.25) is 4.79 Å². The molecule has 0 bridgehead atoms. The van der Waals surface area contributed by atoms with Crippen molar-refractivity contribution in [1.82, 2.24) is 10.3 Å². The molecule has 2 rings (SSSR count). The highest BCUT2D eigenvalue weighted by molar-refractivity contribution is 6.31. The van der Waals surface area contributed by atoms with Crippen molar-refractivity contribution < 1.29 is 9.18 Å². The van der Waals surface area contributed by atoms with Crippen LogP contribution in [0.15, 0.2) is 47.8 Å². The lowest BCUT2D eigenvalue weighted by atomic mass is 10.1. The van der Waals surface area contributed by atoms with Crippen molar-refractivity contribution in [3.05, 3.63) is 58.5 Å². The Hall–Kier alpha value is -2.51. The topological polar surface area (TPSA) is 44.9 Å². The molecule has 0 spiro atoms. The van der Waals surface area contributed by atoms with Crippen LogP contribution in [0.3, 0.4) is 0 Å². The number of rotatable bonds is 4. The quantitative estimate of drug-likeness (QED) is 0.593. The van der Waals surface area contributed by atoms with Crippen LogP contribution in [0.1, 0.15) is 31.3 Å². The van der Waals surface area contributed by atoms with E-state index >= 15 is 0 Å². The first kappa shape index (κ1) is 19.5. The van der Waals surface area contributed by atoms with Gasteiger partial charge in [0.15, 0.2) is 0 Å². The summed E-state index contributed by atoms with van der Waals surface area (Å²) in [6.45, 7) is 5.07. The molecule has 2 N–H and O–H groups in total. The van der Waals surface area contributed by atoms with E-state index in [1.54, 1.807) is 24.3 Å². The Balaban J connectivity index is 0.00000139. The monoisotopic (exact) mass is 346 g/mol. The second-order valence-corrected chi connectivity index (χ2v) is 5.71. The van der Waals surface area contributed by atoms with Crippen LogP contribution < -0.4 is 5.32 Å². The summed E-state index contributed by atoms with van der Waals surface area (Å²) in [4.78, 5) is 15.3. The normalized spacial score (nSPS) is 13.1. The van der Waals surface area contributed by atoms with Crippen molar-refractivity contribution in [1.29, 1.82) is 0 Å². The van der Waals surface area contributed by atoms with Crippen LogP contribution in [0, 0.1) is 12.8 Å². The molecule has 1 amide bonds. The number of benzene rings is 1. The lowest BCUT2D eigenvalue weighted by Gasteiger charge is -2.13. The molecular formula is C19H20ClFN2O. The fraction of sp³-hybridized carbons (Fsp3) is 0.211. The molecule has 2 aromatic rings. The molecule has 0 fully saturated rings. The van der Waals surface area contributed by atoms with Crippen LogP contribution >= 0.6 is 11.6 Å². The number of allylic oxidation sites excluding steroid dienone is 3. The Morgan fingerprint density at radius 2 is 1.96 bits per heavy atom. The number of terminal acetylenes is 1. The van der Waals surface area contributed by atoms with Gasteiger partial charge in [0.05, 0.1) is 5.83 Å². The lowest BCUT2D eigenvalue weighted by molar-refractivity contribution is 0.0941. The Morgan fingerprint density at radius 1 is 1.29 bits per heavy atom. The molecule has 1 atom stereocenters. The van der Waals surface area contributed by atoms with E-state index in [1.807, 2.05) is 19.9 Å². The van der Waals surface area contributed by atoms with Gasteiger partial charge in [0.25, 0.3) is 5.91 Å². The summed E-state index contributed by atoms with van der Waals surface area (Å²) in [7, 11) is 0. The third-order valence-electron chi connectivity index (χ3n) is 3.43. The third-order valence-corrected chi connectivity index (χ3v) is 3.67. The molecule has 0 radical (unpaired) electrons. The van der Waals surface area contributed by atoms with Crippen LogP contribution in [0.4, 0.5) is 4.39 Å². The molecule has 24 heavy (non-hydrogen) atoms. The molecule has 0 saturated heterocycles. The molecule has 0 aliphatic rings. The van der Waals surface area contributed by atoms with Gasteiger partial charge in [-0.2, -0.15) is 0 Å². The molecule has 5 heteroatoms. The summed E-state index contributed by atoms with van der Waals surface area (Å²) >= 11 is 5.94. The first-order valence-electron chi connectivity index (χ1n) is 7.30. The van der Waals surface area contributed by atoms with Gasteiger partial charge in [-0.25, -0.2) is 4.39 Å². The number of fused-ring (bicyclic) bond motifs is 1. The summed E-state index contributed by atoms with van der Waals surface area (Å²) in [6, 6.07) is 6.96. The average molecular weight is 347 g/mol. The van der Waals surface area contributed by atoms with Crippen LogP contribution in [-0.4, -0.2) is 16.9 Å². The lowest BCUT2D eigenvalue weighted by Crippen LogP contribution is -2.33. The largest absolute Gasteiger partial charge is 0.351 e. The summed E-state index contributed by atoms with van der Waals surface area (Å²) in [5.41, 5.74) is 2.18. The zero-order valence-electron chi connectivity index (χ0n) is 13.9. The standard InChI is InChI=1S/C17H18ClFN2O.C2H2/c1-10(4-5-11(2)19)12(3)20-17(22)16-9-13-8-14(18)6-7-15(13)21-16;1-2/h4-9,12,21H,1-3H3,(H,20,22);1-2H/b10-4+,11-5+;. The van der Waals surface area contributed by atoms with Gasteiger partial charge in [-0.05, 0) is 51.1 Å². The van der Waals surface area contributed by atoms with Crippen molar-refractivity contribution in [3.63, 3.8) is 0 Å². The van der Waals surface area contributed by atoms with Gasteiger partial charge in [0.2, 0.25) is 0 Å². The van der Waals surface area contributed by atoms with Gasteiger partial charge in [0, 0.05) is 22.0 Å². The first-order valence-corrected chi connectivity index (χ1v) is 7.67. The van der Waals surface area contributed by atoms with E-state index in [1.165, 1.54) is 13.0 Å². The van der Waals surface area contributed by atoms with E-state index in [-0.39, 0.29) is 17.8 Å². The van der Waals surface area contributed by atoms with Gasteiger partial charge >= 0.3 is 0 Å². The fourth-order valence-electron chi connectivity index (χ4n) is 2.00. The van der Waals surface area contributed by atoms with E-state index < -0.39 is 0 Å². The van der Waals surface area contributed by atoms with Crippen LogP contribution in [-0.2, 0) is 0 Å². The van der Waals surface area contributed by atoms with E-state index in [0.29, 0.717) is 10.7 Å².